The number of amides is 6. The number of rotatable bonds is 8. The Bertz CT molecular complexity index is 2410. The van der Waals surface area contributed by atoms with Crippen LogP contribution in [0.5, 0.6) is 0 Å². The van der Waals surface area contributed by atoms with Gasteiger partial charge in [-0.25, -0.2) is 9.07 Å². The molecule has 3 aromatic rings. The number of nitrogens with one attached hydrogen (secondary N) is 3. The molecule has 4 fully saturated rings. The number of imide groups is 2. The summed E-state index contributed by atoms with van der Waals surface area (Å²) in [4.78, 5) is 84.2. The average Bonchev–Trinajstić information content (AvgIpc) is 3.96. The number of nitrogens with two attached hydrogens (primary N) is 1. The molecule has 2 aromatic heterocycles. The van der Waals surface area contributed by atoms with Gasteiger partial charge in [-0.2, -0.15) is 23.4 Å². The van der Waals surface area contributed by atoms with E-state index < -0.39 is 71.5 Å². The Balaban J connectivity index is 0.783. The zero-order valence-corrected chi connectivity index (χ0v) is 34.9. The Hall–Kier alpha value is -6.16. The Kier molecular flexibility index (Phi) is 11.3. The maximum atomic E-state index is 14.4. The minimum Gasteiger partial charge on any atom is -0.371 e. The van der Waals surface area contributed by atoms with Crippen molar-refractivity contribution in [2.45, 2.75) is 100 Å². The average molecular weight is 893 g/mol. The number of anilines is 3. The number of carbonyl (C=O) groups is 6. The number of hydrogen-bond acceptors (Lipinski definition) is 12. The van der Waals surface area contributed by atoms with E-state index in [1.165, 1.54) is 21.8 Å². The summed E-state index contributed by atoms with van der Waals surface area (Å²) in [5.41, 5.74) is 5.44. The molecule has 5 N–H and O–H groups in total. The molecule has 0 radical (unpaired) electrons. The topological polar surface area (TPSA) is 213 Å². The molecule has 9 rings (SSSR count). The molecule has 4 atom stereocenters. The van der Waals surface area contributed by atoms with Crippen LogP contribution >= 0.6 is 0 Å². The van der Waals surface area contributed by atoms with Gasteiger partial charge in [-0.15, -0.1) is 0 Å². The normalized spacial score (nSPS) is 26.8. The summed E-state index contributed by atoms with van der Waals surface area (Å²) >= 11 is 0. The zero-order valence-electron chi connectivity index (χ0n) is 34.9. The molecule has 1 aliphatic carbocycles. The lowest BCUT2D eigenvalue weighted by Gasteiger charge is -2.43. The predicted octanol–water partition coefficient (Wildman–Crippen LogP) is 2.89. The van der Waals surface area contributed by atoms with Crippen molar-refractivity contribution in [3.05, 3.63) is 59.1 Å². The fourth-order valence-corrected chi connectivity index (χ4v) is 10.0. The summed E-state index contributed by atoms with van der Waals surface area (Å²) in [6.07, 6.45) is 2.56. The molecule has 6 amide bonds. The standard InChI is InChI=1S/C42H48F4N12O6/c1-53-34(55-19-23(43)16-24(47)20-55)12-15-56-39(53)30(18-48-56)37(61)50-31-21-57(52-35(31)42(44,45)46)26-4-2-22(3-5-26)36(60)49-25-10-13-54(14-11-25)27-6-7-28-29(17-27)41(64)58(40(28)63)32-8-9-33(59)51-38(32)62/h6-7,12,15,17-18,21-26,32,34H,2-5,8-11,13-14,16,19-20,47H2,1H3,(H,49,60)(H,50,61)(H,51,59,62)/t22?,23-,24-,26?,32?,34?/m1/s1. The first-order valence-corrected chi connectivity index (χ1v) is 21.5. The molecule has 2 unspecified atom stereocenters. The summed E-state index contributed by atoms with van der Waals surface area (Å²) in [6, 6.07) is 2.97. The number of likely N-dealkylation sites (N-methyl/N-ethyl adjacent to an activating group) is 1. The van der Waals surface area contributed by atoms with Gasteiger partial charge in [-0.1, -0.05) is 0 Å². The molecule has 0 spiro atoms. The number of benzene rings is 1. The highest BCUT2D eigenvalue weighted by Crippen LogP contribution is 2.39. The van der Waals surface area contributed by atoms with E-state index in [1.807, 2.05) is 4.90 Å². The number of halogens is 4. The van der Waals surface area contributed by atoms with Crippen LogP contribution in [0.2, 0.25) is 0 Å². The molecule has 5 aliphatic heterocycles. The van der Waals surface area contributed by atoms with Gasteiger partial charge in [-0.3, -0.25) is 48.6 Å². The van der Waals surface area contributed by atoms with Crippen LogP contribution in [0.25, 0.3) is 6.20 Å². The van der Waals surface area contributed by atoms with Gasteiger partial charge in [0.05, 0.1) is 29.1 Å². The second kappa shape index (κ2) is 16.8. The van der Waals surface area contributed by atoms with Crippen LogP contribution in [-0.2, 0) is 20.6 Å². The van der Waals surface area contributed by atoms with Crippen LogP contribution in [0.15, 0.2) is 36.7 Å². The minimum absolute atomic E-state index is 0.0190. The van der Waals surface area contributed by atoms with Crippen molar-refractivity contribution in [3.63, 3.8) is 0 Å². The summed E-state index contributed by atoms with van der Waals surface area (Å²) in [5.74, 6) is -3.27. The van der Waals surface area contributed by atoms with Crippen LogP contribution in [0.4, 0.5) is 34.8 Å². The van der Waals surface area contributed by atoms with Gasteiger partial charge in [0.2, 0.25) is 17.7 Å². The lowest BCUT2D eigenvalue weighted by molar-refractivity contribution is -0.141. The first-order chi connectivity index (χ1) is 30.5. The minimum atomic E-state index is -4.88. The lowest BCUT2D eigenvalue weighted by Crippen LogP contribution is -2.57. The van der Waals surface area contributed by atoms with Gasteiger partial charge in [0.25, 0.3) is 17.7 Å². The fraction of sp³-hybridized carbons (Fsp3) is 0.524. The molecule has 18 nitrogen and oxygen atoms in total. The largest absolute Gasteiger partial charge is 0.437 e. The van der Waals surface area contributed by atoms with Crippen molar-refractivity contribution >= 4 is 58.8 Å². The van der Waals surface area contributed by atoms with E-state index in [4.69, 9.17) is 5.73 Å². The van der Waals surface area contributed by atoms with Crippen LogP contribution in [-0.4, -0.2) is 128 Å². The number of nitrogens with zero attached hydrogens (tertiary/aromatic N) is 8. The Morgan fingerprint density at radius 3 is 2.39 bits per heavy atom. The van der Waals surface area contributed by atoms with E-state index in [-0.39, 0.29) is 66.4 Å². The maximum Gasteiger partial charge on any atom is 0.437 e. The van der Waals surface area contributed by atoms with Gasteiger partial charge in [-0.05, 0) is 75.6 Å². The number of carbonyl (C=O) groups excluding carboxylic acids is 6. The number of aromatic nitrogens is 4. The second-order valence-corrected chi connectivity index (χ2v) is 17.5. The number of likely N-dealkylation sites (tertiary alicyclic amines) is 1. The van der Waals surface area contributed by atoms with Crippen LogP contribution in [0.3, 0.4) is 0 Å². The highest BCUT2D eigenvalue weighted by atomic mass is 19.4. The van der Waals surface area contributed by atoms with Crippen molar-refractivity contribution in [2.24, 2.45) is 11.7 Å². The molecule has 0 bridgehead atoms. The molecule has 64 heavy (non-hydrogen) atoms. The van der Waals surface area contributed by atoms with E-state index in [2.05, 4.69) is 31.0 Å². The zero-order chi connectivity index (χ0) is 45.2. The highest BCUT2D eigenvalue weighted by Gasteiger charge is 2.45. The van der Waals surface area contributed by atoms with Crippen molar-refractivity contribution in [1.29, 1.82) is 0 Å². The molecule has 6 aliphatic rings. The summed E-state index contributed by atoms with van der Waals surface area (Å²) in [5, 5.41) is 15.9. The van der Waals surface area contributed by atoms with E-state index >= 15 is 0 Å². The summed E-state index contributed by atoms with van der Waals surface area (Å²) < 4.78 is 60.2. The van der Waals surface area contributed by atoms with Crippen LogP contribution in [0.1, 0.15) is 101 Å². The maximum absolute atomic E-state index is 14.4. The Morgan fingerprint density at radius 1 is 0.953 bits per heavy atom. The molecule has 22 heteroatoms. The van der Waals surface area contributed by atoms with E-state index in [0.717, 1.165) is 10.6 Å². The SMILES string of the molecule is CN1c2c(C(=O)Nc3cn(C4CCC(C(=O)NC5CCN(c6ccc7c(c6)C(=O)N(C6CCC(=O)NC6=O)C7=O)CC5)CC4)nc3C(F)(F)F)cnn2C=CC1N1C[C@H](N)C[C@@H](F)C1. The van der Waals surface area contributed by atoms with E-state index in [1.54, 1.807) is 42.4 Å². The smallest absolute Gasteiger partial charge is 0.371 e. The van der Waals surface area contributed by atoms with Crippen molar-refractivity contribution in [2.75, 3.05) is 48.3 Å². The molecule has 7 heterocycles. The van der Waals surface area contributed by atoms with Crippen molar-refractivity contribution in [3.8, 4) is 0 Å². The second-order valence-electron chi connectivity index (χ2n) is 17.5. The highest BCUT2D eigenvalue weighted by molar-refractivity contribution is 6.23. The third-order valence-corrected chi connectivity index (χ3v) is 13.3. The van der Waals surface area contributed by atoms with E-state index in [9.17, 15) is 46.3 Å². The quantitative estimate of drug-likeness (QED) is 0.190. The number of fused-ring (bicyclic) bond motifs is 2. The number of piperidine rings is 3. The Labute approximate surface area is 364 Å². The van der Waals surface area contributed by atoms with Gasteiger partial charge in [0, 0.05) is 75.7 Å². The van der Waals surface area contributed by atoms with Gasteiger partial charge in [0.1, 0.15) is 29.8 Å². The predicted molar refractivity (Wildman–Crippen MR) is 221 cm³/mol. The molecular formula is C42H48F4N12O6. The molecule has 1 aromatic carbocycles. The summed E-state index contributed by atoms with van der Waals surface area (Å²) in [6.45, 7) is 1.67. The molecular weight excluding hydrogens is 845 g/mol. The van der Waals surface area contributed by atoms with Gasteiger partial charge >= 0.3 is 6.18 Å². The van der Waals surface area contributed by atoms with Gasteiger partial charge < -0.3 is 26.2 Å². The number of hydrogen-bond donors (Lipinski definition) is 4. The summed E-state index contributed by atoms with van der Waals surface area (Å²) in [7, 11) is 1.69. The monoisotopic (exact) mass is 892 g/mol. The van der Waals surface area contributed by atoms with Gasteiger partial charge in [0.15, 0.2) is 5.69 Å². The number of alkyl halides is 4. The van der Waals surface area contributed by atoms with Crippen LogP contribution in [0, 0.1) is 5.92 Å². The molecule has 3 saturated heterocycles. The third-order valence-electron chi connectivity index (χ3n) is 13.3. The lowest BCUT2D eigenvalue weighted by atomic mass is 9.85. The van der Waals surface area contributed by atoms with Crippen LogP contribution < -0.4 is 31.5 Å². The molecule has 340 valence electrons. The third kappa shape index (κ3) is 8.12. The van der Waals surface area contributed by atoms with Crippen molar-refractivity contribution < 1.29 is 46.3 Å². The first kappa shape index (κ1) is 43.1. The Morgan fingerprint density at radius 2 is 1.69 bits per heavy atom. The fourth-order valence-electron chi connectivity index (χ4n) is 10.0. The van der Waals surface area contributed by atoms with Crippen molar-refractivity contribution in [1.82, 2.24) is 40.0 Å². The first-order valence-electron chi connectivity index (χ1n) is 21.5. The molecule has 1 saturated carbocycles. The van der Waals surface area contributed by atoms with E-state index in [0.29, 0.717) is 64.0 Å².